The Kier molecular flexibility index (Phi) is 5.03. The van der Waals surface area contributed by atoms with E-state index in [0.717, 1.165) is 5.82 Å². The maximum atomic E-state index is 6.44. The minimum absolute atomic E-state index is 0.475. The molecule has 1 aliphatic heterocycles. The first-order valence-corrected chi connectivity index (χ1v) is 8.41. The second kappa shape index (κ2) is 6.37. The van der Waals surface area contributed by atoms with Crippen molar-refractivity contribution in [2.45, 2.75) is 78.1 Å². The van der Waals surface area contributed by atoms with Crippen molar-refractivity contribution in [3.63, 3.8) is 0 Å². The van der Waals surface area contributed by atoms with E-state index in [1.54, 1.807) is 5.57 Å². The number of hydrogen-bond donors (Lipinski definition) is 0. The zero-order chi connectivity index (χ0) is 14.0. The summed E-state index contributed by atoms with van der Waals surface area (Å²) in [7, 11) is 2.41. The molecular weight excluding hydrogens is 231 g/mol. The minimum Gasteiger partial charge on any atom is -0.494 e. The topological polar surface area (TPSA) is 9.23 Å². The van der Waals surface area contributed by atoms with E-state index < -0.39 is 0 Å². The smallest absolute Gasteiger partial charge is 0.105 e. The molecule has 0 aromatic rings. The molecule has 1 nitrogen and oxygen atoms in total. The van der Waals surface area contributed by atoms with Gasteiger partial charge in [-0.25, -0.2) is 0 Å². The normalized spacial score (nSPS) is 32.8. The van der Waals surface area contributed by atoms with Crippen LogP contribution in [0.15, 0.2) is 11.3 Å². The second-order valence-electron chi connectivity index (χ2n) is 7.37. The van der Waals surface area contributed by atoms with Gasteiger partial charge in [-0.2, -0.15) is 0 Å². The molecule has 2 heteroatoms. The third kappa shape index (κ3) is 3.38. The van der Waals surface area contributed by atoms with E-state index in [1.807, 2.05) is 0 Å². The van der Waals surface area contributed by atoms with Crippen LogP contribution in [0, 0.1) is 17.8 Å². The molecule has 1 saturated carbocycles. The van der Waals surface area contributed by atoms with Crippen LogP contribution in [0.4, 0.5) is 0 Å². The van der Waals surface area contributed by atoms with Gasteiger partial charge in [-0.15, -0.1) is 0 Å². The Bertz CT molecular complexity index is 332. The lowest BCUT2D eigenvalue weighted by molar-refractivity contribution is 0.0861. The van der Waals surface area contributed by atoms with Gasteiger partial charge in [-0.3, -0.25) is 0 Å². The van der Waals surface area contributed by atoms with E-state index in [4.69, 9.17) is 4.74 Å². The lowest BCUT2D eigenvalue weighted by Crippen LogP contribution is -2.21. The maximum absolute atomic E-state index is 6.44. The van der Waals surface area contributed by atoms with Gasteiger partial charge in [0.1, 0.15) is 14.0 Å². The standard InChI is InChI=1S/C17H31BO/c1-11(2)16-14-9-7-5-6-8-13(18)10-15(14)19-17(16)12(3)4/h11-15H,5-10,18H2,1-4H3. The van der Waals surface area contributed by atoms with Crippen molar-refractivity contribution < 1.29 is 4.74 Å². The summed E-state index contributed by atoms with van der Waals surface area (Å²) in [6.45, 7) is 9.26. The van der Waals surface area contributed by atoms with Crippen LogP contribution in [0.5, 0.6) is 0 Å². The number of allylic oxidation sites excluding steroid dienone is 1. The summed E-state index contributed by atoms with van der Waals surface area (Å²) in [6.07, 6.45) is 8.69. The average Bonchev–Trinajstić information content (AvgIpc) is 2.69. The fourth-order valence-electron chi connectivity index (χ4n) is 3.98. The Hall–Kier alpha value is -0.395. The minimum atomic E-state index is 0.475. The summed E-state index contributed by atoms with van der Waals surface area (Å²) < 4.78 is 6.44. The van der Waals surface area contributed by atoms with Gasteiger partial charge < -0.3 is 4.74 Å². The zero-order valence-electron chi connectivity index (χ0n) is 13.5. The molecule has 0 saturated heterocycles. The summed E-state index contributed by atoms with van der Waals surface area (Å²) in [5, 5.41) is 0. The monoisotopic (exact) mass is 262 g/mol. The molecule has 19 heavy (non-hydrogen) atoms. The van der Waals surface area contributed by atoms with E-state index in [2.05, 4.69) is 35.5 Å². The molecule has 2 rings (SSSR count). The van der Waals surface area contributed by atoms with Crippen LogP contribution >= 0.6 is 0 Å². The third-order valence-electron chi connectivity index (χ3n) is 4.90. The Balaban J connectivity index is 2.23. The van der Waals surface area contributed by atoms with E-state index in [-0.39, 0.29) is 0 Å². The molecule has 108 valence electrons. The molecule has 1 heterocycles. The highest BCUT2D eigenvalue weighted by Gasteiger charge is 2.38. The summed E-state index contributed by atoms with van der Waals surface area (Å²) >= 11 is 0. The molecule has 0 radical (unpaired) electrons. The van der Waals surface area contributed by atoms with Gasteiger partial charge in [-0.05, 0) is 24.3 Å². The lowest BCUT2D eigenvalue weighted by Gasteiger charge is -2.24. The average molecular weight is 262 g/mol. The van der Waals surface area contributed by atoms with E-state index in [0.29, 0.717) is 23.9 Å². The first kappa shape index (κ1) is 15.0. The SMILES string of the molecule is BC1CCCCCC2C(C(C)C)=C(C(C)C)OC2C1. The van der Waals surface area contributed by atoms with Crippen molar-refractivity contribution >= 4 is 7.85 Å². The highest BCUT2D eigenvalue weighted by molar-refractivity contribution is 6.11. The molecule has 3 atom stereocenters. The number of fused-ring (bicyclic) bond motifs is 1. The zero-order valence-corrected chi connectivity index (χ0v) is 13.5. The second-order valence-corrected chi connectivity index (χ2v) is 7.37. The fraction of sp³-hybridized carbons (Fsp3) is 0.882. The van der Waals surface area contributed by atoms with Crippen molar-refractivity contribution in [2.75, 3.05) is 0 Å². The quantitative estimate of drug-likeness (QED) is 0.672. The molecule has 1 aliphatic carbocycles. The Morgan fingerprint density at radius 2 is 1.68 bits per heavy atom. The van der Waals surface area contributed by atoms with Gasteiger partial charge in [0.25, 0.3) is 0 Å². The van der Waals surface area contributed by atoms with Gasteiger partial charge in [0.15, 0.2) is 0 Å². The van der Waals surface area contributed by atoms with Crippen molar-refractivity contribution in [1.82, 2.24) is 0 Å². The summed E-state index contributed by atoms with van der Waals surface area (Å²) in [4.78, 5) is 0. The van der Waals surface area contributed by atoms with Gasteiger partial charge in [0.2, 0.25) is 0 Å². The lowest BCUT2D eigenvalue weighted by atomic mass is 9.75. The van der Waals surface area contributed by atoms with Gasteiger partial charge in [-0.1, -0.05) is 59.2 Å². The van der Waals surface area contributed by atoms with E-state index in [1.165, 1.54) is 44.3 Å². The van der Waals surface area contributed by atoms with Crippen molar-refractivity contribution in [1.29, 1.82) is 0 Å². The van der Waals surface area contributed by atoms with Crippen LogP contribution in [-0.2, 0) is 4.74 Å². The number of rotatable bonds is 2. The van der Waals surface area contributed by atoms with Crippen LogP contribution in [-0.4, -0.2) is 14.0 Å². The maximum Gasteiger partial charge on any atom is 0.105 e. The molecule has 0 aromatic heterocycles. The Labute approximate surface area is 120 Å². The van der Waals surface area contributed by atoms with Gasteiger partial charge in [0, 0.05) is 11.8 Å². The van der Waals surface area contributed by atoms with Crippen molar-refractivity contribution in [3.05, 3.63) is 11.3 Å². The Morgan fingerprint density at radius 1 is 1.00 bits per heavy atom. The summed E-state index contributed by atoms with van der Waals surface area (Å²) in [5.41, 5.74) is 1.65. The highest BCUT2D eigenvalue weighted by Crippen LogP contribution is 2.45. The largest absolute Gasteiger partial charge is 0.494 e. The van der Waals surface area contributed by atoms with E-state index in [9.17, 15) is 0 Å². The molecule has 1 fully saturated rings. The highest BCUT2D eigenvalue weighted by atomic mass is 16.5. The molecule has 0 N–H and O–H groups in total. The van der Waals surface area contributed by atoms with Crippen LogP contribution < -0.4 is 0 Å². The van der Waals surface area contributed by atoms with Crippen molar-refractivity contribution in [3.8, 4) is 0 Å². The molecule has 2 aliphatic rings. The predicted octanol–water partition coefficient (Wildman–Crippen LogP) is 4.34. The first-order valence-electron chi connectivity index (χ1n) is 8.41. The van der Waals surface area contributed by atoms with Crippen LogP contribution in [0.1, 0.15) is 66.2 Å². The van der Waals surface area contributed by atoms with Crippen molar-refractivity contribution in [2.24, 2.45) is 17.8 Å². The van der Waals surface area contributed by atoms with E-state index >= 15 is 0 Å². The van der Waals surface area contributed by atoms with Crippen LogP contribution in [0.2, 0.25) is 5.82 Å². The molecular formula is C17H31BO. The van der Waals surface area contributed by atoms with Gasteiger partial charge in [0.05, 0.1) is 5.76 Å². The third-order valence-corrected chi connectivity index (χ3v) is 4.90. The first-order chi connectivity index (χ1) is 9.00. The molecule has 3 unspecified atom stereocenters. The van der Waals surface area contributed by atoms with Crippen LogP contribution in [0.25, 0.3) is 0 Å². The van der Waals surface area contributed by atoms with Crippen LogP contribution in [0.3, 0.4) is 0 Å². The number of hydrogen-bond acceptors (Lipinski definition) is 1. The molecule has 0 amide bonds. The Morgan fingerprint density at radius 3 is 2.32 bits per heavy atom. The van der Waals surface area contributed by atoms with Gasteiger partial charge >= 0.3 is 0 Å². The molecule has 0 spiro atoms. The summed E-state index contributed by atoms with van der Waals surface area (Å²) in [6, 6.07) is 0. The summed E-state index contributed by atoms with van der Waals surface area (Å²) in [5.74, 6) is 4.05. The molecule has 0 aromatic carbocycles. The predicted molar refractivity (Wildman–Crippen MR) is 85.1 cm³/mol. The fourth-order valence-corrected chi connectivity index (χ4v) is 3.98. The molecule has 0 bridgehead atoms. The number of ether oxygens (including phenoxy) is 1.